The molecule has 1 aromatic carbocycles. The maximum atomic E-state index is 5.20. The average molecular weight is 229 g/mol. The van der Waals surface area contributed by atoms with Crippen LogP contribution in [0.25, 0.3) is 0 Å². The summed E-state index contributed by atoms with van der Waals surface area (Å²) in [7, 11) is 1.67. The Morgan fingerprint density at radius 3 is 2.71 bits per heavy atom. The van der Waals surface area contributed by atoms with Crippen LogP contribution in [0.15, 0.2) is 43.0 Å². The van der Waals surface area contributed by atoms with Gasteiger partial charge < -0.3 is 10.1 Å². The van der Waals surface area contributed by atoms with Gasteiger partial charge in [0.1, 0.15) is 12.1 Å². The Morgan fingerprint density at radius 2 is 2.00 bits per heavy atom. The van der Waals surface area contributed by atoms with E-state index < -0.39 is 0 Å². The maximum Gasteiger partial charge on any atom is 0.119 e. The molecular formula is C13H15N3O. The number of anilines is 1. The van der Waals surface area contributed by atoms with Crippen LogP contribution < -0.4 is 10.1 Å². The molecule has 0 spiro atoms. The Balaban J connectivity index is 2.11. The number of nitrogens with zero attached hydrogens (tertiary/aromatic N) is 2. The second-order valence-electron chi connectivity index (χ2n) is 3.77. The van der Waals surface area contributed by atoms with Gasteiger partial charge in [-0.25, -0.2) is 9.97 Å². The molecule has 17 heavy (non-hydrogen) atoms. The number of aromatic nitrogens is 2. The molecular weight excluding hydrogens is 214 g/mol. The topological polar surface area (TPSA) is 47.0 Å². The highest BCUT2D eigenvalue weighted by atomic mass is 16.5. The molecule has 1 atom stereocenters. The fourth-order valence-corrected chi connectivity index (χ4v) is 1.62. The SMILES string of the molecule is COc1cccc(C(C)Nc2cncnc2)c1. The molecule has 88 valence electrons. The lowest BCUT2D eigenvalue weighted by Crippen LogP contribution is -2.07. The summed E-state index contributed by atoms with van der Waals surface area (Å²) in [6, 6.07) is 8.16. The minimum absolute atomic E-state index is 0.177. The zero-order valence-corrected chi connectivity index (χ0v) is 9.92. The summed E-state index contributed by atoms with van der Waals surface area (Å²) in [5.74, 6) is 0.862. The Bertz CT molecular complexity index is 473. The van der Waals surface area contributed by atoms with E-state index in [9.17, 15) is 0 Å². The first kappa shape index (κ1) is 11.4. The fraction of sp³-hybridized carbons (Fsp3) is 0.231. The normalized spacial score (nSPS) is 11.9. The average Bonchev–Trinajstić information content (AvgIpc) is 2.40. The van der Waals surface area contributed by atoms with Crippen molar-refractivity contribution in [3.8, 4) is 5.75 Å². The molecule has 0 aliphatic heterocycles. The number of hydrogen-bond acceptors (Lipinski definition) is 4. The predicted octanol–water partition coefficient (Wildman–Crippen LogP) is 2.66. The molecule has 1 N–H and O–H groups in total. The van der Waals surface area contributed by atoms with Gasteiger partial charge >= 0.3 is 0 Å². The zero-order chi connectivity index (χ0) is 12.1. The fourth-order valence-electron chi connectivity index (χ4n) is 1.62. The van der Waals surface area contributed by atoms with E-state index in [1.54, 1.807) is 19.5 Å². The van der Waals surface area contributed by atoms with E-state index in [-0.39, 0.29) is 6.04 Å². The quantitative estimate of drug-likeness (QED) is 0.875. The highest BCUT2D eigenvalue weighted by molar-refractivity contribution is 5.41. The summed E-state index contributed by atoms with van der Waals surface area (Å²) in [6.45, 7) is 2.09. The molecule has 0 bridgehead atoms. The molecule has 0 radical (unpaired) electrons. The van der Waals surface area contributed by atoms with Gasteiger partial charge in [-0.05, 0) is 24.6 Å². The third-order valence-corrected chi connectivity index (χ3v) is 2.54. The smallest absolute Gasteiger partial charge is 0.119 e. The highest BCUT2D eigenvalue weighted by Crippen LogP contribution is 2.21. The first-order valence-corrected chi connectivity index (χ1v) is 5.45. The van der Waals surface area contributed by atoms with Crippen molar-refractivity contribution < 1.29 is 4.74 Å². The molecule has 4 nitrogen and oxygen atoms in total. The number of rotatable bonds is 4. The summed E-state index contributed by atoms with van der Waals surface area (Å²) in [6.07, 6.45) is 5.02. The monoisotopic (exact) mass is 229 g/mol. The molecule has 0 amide bonds. The predicted molar refractivity (Wildman–Crippen MR) is 67.1 cm³/mol. The minimum atomic E-state index is 0.177. The van der Waals surface area contributed by atoms with Gasteiger partial charge in [0.05, 0.1) is 25.2 Å². The van der Waals surface area contributed by atoms with Gasteiger partial charge in [-0.1, -0.05) is 12.1 Å². The van der Waals surface area contributed by atoms with Crippen molar-refractivity contribution >= 4 is 5.69 Å². The van der Waals surface area contributed by atoms with E-state index in [0.29, 0.717) is 0 Å². The minimum Gasteiger partial charge on any atom is -0.497 e. The van der Waals surface area contributed by atoms with Crippen LogP contribution in [0.2, 0.25) is 0 Å². The third kappa shape index (κ3) is 2.93. The molecule has 1 heterocycles. The summed E-state index contributed by atoms with van der Waals surface area (Å²) in [5.41, 5.74) is 2.07. The van der Waals surface area contributed by atoms with Crippen LogP contribution in [-0.2, 0) is 0 Å². The van der Waals surface area contributed by atoms with Gasteiger partial charge in [0, 0.05) is 6.04 Å². The Labute approximate surface area is 101 Å². The molecule has 1 aromatic heterocycles. The standard InChI is InChI=1S/C13H15N3O/c1-10(16-12-7-14-9-15-8-12)11-4-3-5-13(6-11)17-2/h3-10,16H,1-2H3. The van der Waals surface area contributed by atoms with E-state index in [4.69, 9.17) is 4.74 Å². The summed E-state index contributed by atoms with van der Waals surface area (Å²) in [5, 5.41) is 3.33. The summed E-state index contributed by atoms with van der Waals surface area (Å²) >= 11 is 0. The van der Waals surface area contributed by atoms with Crippen LogP contribution in [0.1, 0.15) is 18.5 Å². The van der Waals surface area contributed by atoms with Crippen molar-refractivity contribution in [2.75, 3.05) is 12.4 Å². The van der Waals surface area contributed by atoms with Gasteiger partial charge in [-0.15, -0.1) is 0 Å². The van der Waals surface area contributed by atoms with Gasteiger partial charge in [0.25, 0.3) is 0 Å². The summed E-state index contributed by atoms with van der Waals surface area (Å²) < 4.78 is 5.20. The molecule has 1 unspecified atom stereocenters. The maximum absolute atomic E-state index is 5.20. The van der Waals surface area contributed by atoms with E-state index in [1.165, 1.54) is 6.33 Å². The van der Waals surface area contributed by atoms with E-state index in [0.717, 1.165) is 17.0 Å². The van der Waals surface area contributed by atoms with Gasteiger partial charge in [0.15, 0.2) is 0 Å². The highest BCUT2D eigenvalue weighted by Gasteiger charge is 2.06. The van der Waals surface area contributed by atoms with Crippen molar-refractivity contribution in [2.45, 2.75) is 13.0 Å². The number of methoxy groups -OCH3 is 1. The molecule has 4 heteroatoms. The van der Waals surface area contributed by atoms with E-state index >= 15 is 0 Å². The van der Waals surface area contributed by atoms with Crippen LogP contribution >= 0.6 is 0 Å². The van der Waals surface area contributed by atoms with Crippen molar-refractivity contribution in [1.82, 2.24) is 9.97 Å². The van der Waals surface area contributed by atoms with Crippen LogP contribution in [0, 0.1) is 0 Å². The van der Waals surface area contributed by atoms with E-state index in [1.807, 2.05) is 18.2 Å². The van der Waals surface area contributed by atoms with Crippen LogP contribution in [-0.4, -0.2) is 17.1 Å². The Kier molecular flexibility index (Phi) is 3.55. The van der Waals surface area contributed by atoms with Crippen molar-refractivity contribution in [2.24, 2.45) is 0 Å². The van der Waals surface area contributed by atoms with Gasteiger partial charge in [0.2, 0.25) is 0 Å². The number of ether oxygens (including phenoxy) is 1. The van der Waals surface area contributed by atoms with Crippen LogP contribution in [0.5, 0.6) is 5.75 Å². The largest absolute Gasteiger partial charge is 0.497 e. The van der Waals surface area contributed by atoms with Crippen molar-refractivity contribution in [3.05, 3.63) is 48.5 Å². The molecule has 0 saturated carbocycles. The molecule has 0 aliphatic rings. The summed E-state index contributed by atoms with van der Waals surface area (Å²) in [4.78, 5) is 7.93. The van der Waals surface area contributed by atoms with Gasteiger partial charge in [-0.3, -0.25) is 0 Å². The lowest BCUT2D eigenvalue weighted by Gasteiger charge is -2.15. The molecule has 2 rings (SSSR count). The number of nitrogens with one attached hydrogen (secondary N) is 1. The Morgan fingerprint density at radius 1 is 1.24 bits per heavy atom. The molecule has 0 aliphatic carbocycles. The van der Waals surface area contributed by atoms with Crippen molar-refractivity contribution in [3.63, 3.8) is 0 Å². The second-order valence-corrected chi connectivity index (χ2v) is 3.77. The van der Waals surface area contributed by atoms with Crippen LogP contribution in [0.4, 0.5) is 5.69 Å². The lowest BCUT2D eigenvalue weighted by atomic mass is 10.1. The third-order valence-electron chi connectivity index (χ3n) is 2.54. The number of hydrogen-bond donors (Lipinski definition) is 1. The molecule has 0 saturated heterocycles. The zero-order valence-electron chi connectivity index (χ0n) is 9.92. The van der Waals surface area contributed by atoms with E-state index in [2.05, 4.69) is 28.3 Å². The first-order chi connectivity index (χ1) is 8.29. The first-order valence-electron chi connectivity index (χ1n) is 5.45. The molecule has 0 fully saturated rings. The van der Waals surface area contributed by atoms with Gasteiger partial charge in [-0.2, -0.15) is 0 Å². The second kappa shape index (κ2) is 5.30. The van der Waals surface area contributed by atoms with Crippen LogP contribution in [0.3, 0.4) is 0 Å². The molecule has 2 aromatic rings. The van der Waals surface area contributed by atoms with Crippen molar-refractivity contribution in [1.29, 1.82) is 0 Å². The number of benzene rings is 1. The Hall–Kier alpha value is -2.10. The lowest BCUT2D eigenvalue weighted by molar-refractivity contribution is 0.414.